The normalized spacial score (nSPS) is 29.0. The quantitative estimate of drug-likeness (QED) is 0.0688. The zero-order chi connectivity index (χ0) is 43.7. The molecule has 2 heterocycles. The van der Waals surface area contributed by atoms with Crippen LogP contribution in [0.4, 0.5) is 5.69 Å². The van der Waals surface area contributed by atoms with Crippen molar-refractivity contribution in [2.45, 2.75) is 128 Å². The lowest BCUT2D eigenvalue weighted by molar-refractivity contribution is -0.162. The molecular formula is C42H65ClN4O9S2. The van der Waals surface area contributed by atoms with Crippen molar-refractivity contribution in [2.24, 2.45) is 17.6 Å². The van der Waals surface area contributed by atoms with Crippen molar-refractivity contribution < 1.29 is 43.2 Å². The van der Waals surface area contributed by atoms with Crippen molar-refractivity contribution in [3.05, 3.63) is 46.5 Å². The molecule has 13 nitrogen and oxygen atoms in total. The van der Waals surface area contributed by atoms with Gasteiger partial charge in [-0.15, -0.1) is 0 Å². The van der Waals surface area contributed by atoms with Gasteiger partial charge in [-0.2, -0.15) is 0 Å². The van der Waals surface area contributed by atoms with Gasteiger partial charge in [0.25, 0.3) is 0 Å². The predicted molar refractivity (Wildman–Crippen MR) is 233 cm³/mol. The molecule has 1 aromatic rings. The second kappa shape index (κ2) is 21.1. The van der Waals surface area contributed by atoms with E-state index in [1.54, 1.807) is 67.7 Å². The van der Waals surface area contributed by atoms with Crippen LogP contribution in [-0.4, -0.2) is 115 Å². The van der Waals surface area contributed by atoms with E-state index in [0.29, 0.717) is 30.8 Å². The Morgan fingerprint density at radius 1 is 1.24 bits per heavy atom. The molecule has 2 bridgehead atoms. The Hall–Kier alpha value is -2.79. The number of aliphatic hydroxyl groups is 1. The van der Waals surface area contributed by atoms with Gasteiger partial charge in [-0.05, 0) is 77.0 Å². The summed E-state index contributed by atoms with van der Waals surface area (Å²) in [4.78, 5) is 56.8. The van der Waals surface area contributed by atoms with Crippen molar-refractivity contribution in [1.29, 1.82) is 0 Å². The van der Waals surface area contributed by atoms with Gasteiger partial charge in [-0.1, -0.05) is 70.8 Å². The minimum atomic E-state index is -1.78. The van der Waals surface area contributed by atoms with Gasteiger partial charge < -0.3 is 44.9 Å². The highest BCUT2D eigenvalue weighted by Crippen LogP contribution is 2.49. The van der Waals surface area contributed by atoms with E-state index < -0.39 is 53.5 Å². The molecule has 1 saturated heterocycles. The number of epoxide rings is 1. The van der Waals surface area contributed by atoms with Crippen LogP contribution in [0.25, 0.3) is 0 Å². The molecule has 326 valence electrons. The number of ether oxygens (including phenoxy) is 4. The molecule has 2 aliphatic rings. The average molecular weight is 870 g/mol. The number of esters is 1. The number of anilines is 1. The van der Waals surface area contributed by atoms with Gasteiger partial charge in [-0.25, -0.2) is 4.79 Å². The topological polar surface area (TPSA) is 173 Å². The number of nitrogens with one attached hydrogen (secondary N) is 1. The number of methoxy groups -OCH3 is 2. The molecule has 3 amide bonds. The molecule has 3 rings (SSSR count). The van der Waals surface area contributed by atoms with Crippen LogP contribution >= 0.6 is 33.2 Å². The number of allylic oxidation sites excluding steroid dienone is 3. The number of nitrogens with zero attached hydrogens (tertiary/aromatic N) is 2. The number of nitrogens with two attached hydrogens (primary N) is 1. The average Bonchev–Trinajstić information content (AvgIpc) is 3.85. The number of halogens is 1. The molecule has 0 aliphatic carbocycles. The Balaban J connectivity index is 2.03. The summed E-state index contributed by atoms with van der Waals surface area (Å²) in [5.41, 5.74) is 4.90. The number of hydrogen-bond acceptors (Lipinski definition) is 12. The van der Waals surface area contributed by atoms with Crippen LogP contribution in [0.1, 0.15) is 86.6 Å². The first-order chi connectivity index (χ1) is 27.0. The maximum absolute atomic E-state index is 14.3. The van der Waals surface area contributed by atoms with Crippen LogP contribution in [0, 0.1) is 11.8 Å². The van der Waals surface area contributed by atoms with Gasteiger partial charge in [0.15, 0.2) is 5.72 Å². The molecule has 1 aromatic carbocycles. The van der Waals surface area contributed by atoms with Crippen LogP contribution < -0.4 is 20.7 Å². The number of rotatable bonds is 13. The van der Waals surface area contributed by atoms with Crippen LogP contribution in [0.2, 0.25) is 5.02 Å². The lowest BCUT2D eigenvalue weighted by atomic mass is 9.79. The van der Waals surface area contributed by atoms with E-state index in [1.807, 2.05) is 32.9 Å². The first-order valence-electron chi connectivity index (χ1n) is 19.7. The highest BCUT2D eigenvalue weighted by Gasteiger charge is 2.63. The van der Waals surface area contributed by atoms with E-state index in [9.17, 15) is 24.3 Å². The molecular weight excluding hydrogens is 804 g/mol. The number of carbonyl (C=O) groups is 4. The van der Waals surface area contributed by atoms with E-state index in [1.165, 1.54) is 30.9 Å². The smallest absolute Gasteiger partial charge is 0.328 e. The van der Waals surface area contributed by atoms with E-state index in [0.717, 1.165) is 16.9 Å². The van der Waals surface area contributed by atoms with E-state index in [4.69, 9.17) is 36.3 Å². The first-order valence-corrected chi connectivity index (χ1v) is 22.4. The summed E-state index contributed by atoms with van der Waals surface area (Å²) in [6.07, 6.45) is 3.98. The fourth-order valence-electron chi connectivity index (χ4n) is 7.19. The summed E-state index contributed by atoms with van der Waals surface area (Å²) in [6.45, 7) is 15.3. The molecule has 0 radical (unpaired) electrons. The maximum Gasteiger partial charge on any atom is 0.328 e. The molecule has 4 N–H and O–H groups in total. The maximum atomic E-state index is 14.3. The molecule has 3 unspecified atom stereocenters. The van der Waals surface area contributed by atoms with Gasteiger partial charge in [0, 0.05) is 58.0 Å². The van der Waals surface area contributed by atoms with Gasteiger partial charge in [0.05, 0.1) is 25.3 Å². The highest BCUT2D eigenvalue weighted by atomic mass is 35.5. The van der Waals surface area contributed by atoms with Gasteiger partial charge in [0.1, 0.15) is 34.6 Å². The predicted octanol–water partition coefficient (Wildman–Crippen LogP) is 6.08. The number of carbonyl (C=O) groups excluding carboxylic acids is 4. The summed E-state index contributed by atoms with van der Waals surface area (Å²) >= 11 is 6.81. The third kappa shape index (κ3) is 12.9. The second-order valence-electron chi connectivity index (χ2n) is 16.4. The fourth-order valence-corrected chi connectivity index (χ4v) is 9.94. The number of fused-ring (bicyclic) bond motifs is 3. The minimum Gasteiger partial charge on any atom is -0.495 e. The standard InChI is InChI=1S/C42H65ClN4O9S2/c1-25-14-13-15-33(54-12)42(52,45-29(5)48)24-26(2)27(3)38-41(8,56-38)34(23-36(50)47(10)31-21-30(20-25)22-32(53-11)37(31)43)55-39(51)28(4)46(9)35(49)16-17-40(6,7)58-57-19-18-44/h13-15,21-22,26-28,33-34,38,52H,16-20,23-24,44H2,1-12H3,(H,45,48)/b15-13+,25-14+/t26?,27-,28+,33-,34+,38?,41?,42+/m1/s1. The minimum absolute atomic E-state index is 0.0937. The first kappa shape index (κ1) is 49.6. The molecule has 8 atom stereocenters. The zero-order valence-electron chi connectivity index (χ0n) is 36.2. The van der Waals surface area contributed by atoms with Crippen molar-refractivity contribution in [2.75, 3.05) is 45.5 Å². The Morgan fingerprint density at radius 3 is 2.52 bits per heavy atom. The number of amides is 3. The zero-order valence-corrected chi connectivity index (χ0v) is 38.6. The third-order valence-electron chi connectivity index (χ3n) is 11.2. The van der Waals surface area contributed by atoms with E-state index in [-0.39, 0.29) is 46.8 Å². The lowest BCUT2D eigenvalue weighted by Crippen LogP contribution is -2.57. The molecule has 16 heteroatoms. The van der Waals surface area contributed by atoms with Crippen molar-refractivity contribution in [3.8, 4) is 5.75 Å². The van der Waals surface area contributed by atoms with Crippen molar-refractivity contribution >= 4 is 62.6 Å². The van der Waals surface area contributed by atoms with Crippen molar-refractivity contribution in [3.63, 3.8) is 0 Å². The monoisotopic (exact) mass is 868 g/mol. The summed E-state index contributed by atoms with van der Waals surface area (Å²) in [7, 11) is 9.49. The Morgan fingerprint density at radius 2 is 1.91 bits per heavy atom. The van der Waals surface area contributed by atoms with Crippen LogP contribution in [0.15, 0.2) is 35.9 Å². The Kier molecular flexibility index (Phi) is 18.1. The summed E-state index contributed by atoms with van der Waals surface area (Å²) in [6, 6.07) is 2.65. The highest BCUT2D eigenvalue weighted by molar-refractivity contribution is 8.77. The van der Waals surface area contributed by atoms with Crippen LogP contribution in [0.5, 0.6) is 5.75 Å². The summed E-state index contributed by atoms with van der Waals surface area (Å²) in [5.74, 6) is -1.06. The fraction of sp³-hybridized carbons (Fsp3) is 0.667. The molecule has 2 aliphatic heterocycles. The second-order valence-corrected chi connectivity index (χ2v) is 19.9. The van der Waals surface area contributed by atoms with Crippen LogP contribution in [0.3, 0.4) is 0 Å². The van der Waals surface area contributed by atoms with Gasteiger partial charge >= 0.3 is 5.97 Å². The summed E-state index contributed by atoms with van der Waals surface area (Å²) < 4.78 is 23.7. The molecule has 0 saturated carbocycles. The van der Waals surface area contributed by atoms with Crippen LogP contribution in [-0.2, 0) is 39.8 Å². The third-order valence-corrected chi connectivity index (χ3v) is 15.0. The summed E-state index contributed by atoms with van der Waals surface area (Å²) in [5, 5.41) is 14.9. The van der Waals surface area contributed by atoms with Gasteiger partial charge in [0.2, 0.25) is 17.7 Å². The number of likely N-dealkylation sites (N-methyl/N-ethyl adjacent to an activating group) is 1. The lowest BCUT2D eigenvalue weighted by Gasteiger charge is -2.37. The van der Waals surface area contributed by atoms with E-state index >= 15 is 0 Å². The van der Waals surface area contributed by atoms with Gasteiger partial charge in [-0.3, -0.25) is 14.4 Å². The SMILES string of the molecule is COc1cc2cc(c1Cl)N(C)C(=O)C[C@H](OC(=O)[C@H](C)N(C)C(=O)CCC(C)(C)SSCCN)C1(C)OC1[C@H](C)C(C)C[C@@](O)(NC(C)=O)[C@H](OC)/C=C/C=C(\C)C2. The van der Waals surface area contributed by atoms with E-state index in [2.05, 4.69) is 19.2 Å². The molecule has 1 fully saturated rings. The number of hydrogen-bond donors (Lipinski definition) is 3. The molecule has 0 spiro atoms. The largest absolute Gasteiger partial charge is 0.495 e. The Bertz CT molecular complexity index is 1700. The number of benzene rings is 1. The molecule has 58 heavy (non-hydrogen) atoms. The Labute approximate surface area is 357 Å². The van der Waals surface area contributed by atoms with Crippen molar-refractivity contribution in [1.82, 2.24) is 10.2 Å². The molecule has 0 aromatic heterocycles.